The number of rotatable bonds is 4. The summed E-state index contributed by atoms with van der Waals surface area (Å²) in [5.74, 6) is -0.0498. The Morgan fingerprint density at radius 2 is 1.95 bits per heavy atom. The molecule has 0 atom stereocenters. The molecule has 108 valence electrons. The first kappa shape index (κ1) is 14.2. The smallest absolute Gasteiger partial charge is 0.329 e. The van der Waals surface area contributed by atoms with Crippen molar-refractivity contribution in [3.63, 3.8) is 0 Å². The van der Waals surface area contributed by atoms with Gasteiger partial charge < -0.3 is 19.5 Å². The number of nitrogens with zero attached hydrogens (tertiary/aromatic N) is 1. The van der Waals surface area contributed by atoms with Crippen LogP contribution >= 0.6 is 0 Å². The van der Waals surface area contributed by atoms with Gasteiger partial charge in [0.2, 0.25) is 12.7 Å². The molecule has 1 N–H and O–H groups in total. The van der Waals surface area contributed by atoms with E-state index in [1.807, 2.05) is 0 Å². The highest BCUT2D eigenvalue weighted by atomic mass is 16.7. The standard InChI is InChI=1S/C14H17NO5/c1-14(2,13(17)18)15(3)12(16)7-9-4-5-10-11(6-9)20-8-19-10/h4-6H,7-8H2,1-3H3,(H,17,18). The van der Waals surface area contributed by atoms with E-state index in [-0.39, 0.29) is 19.1 Å². The average molecular weight is 279 g/mol. The molecule has 0 unspecified atom stereocenters. The molecule has 6 heteroatoms. The number of ether oxygens (including phenoxy) is 2. The molecule has 0 fully saturated rings. The quantitative estimate of drug-likeness (QED) is 0.898. The number of carboxylic acids is 1. The Bertz CT molecular complexity index is 552. The summed E-state index contributed by atoms with van der Waals surface area (Å²) in [4.78, 5) is 24.5. The van der Waals surface area contributed by atoms with Crippen LogP contribution in [0.25, 0.3) is 0 Å². The Hall–Kier alpha value is -2.24. The summed E-state index contributed by atoms with van der Waals surface area (Å²) in [6.07, 6.45) is 0.115. The van der Waals surface area contributed by atoms with E-state index in [0.717, 1.165) is 5.56 Å². The van der Waals surface area contributed by atoms with Gasteiger partial charge in [0.15, 0.2) is 11.5 Å². The number of amides is 1. The van der Waals surface area contributed by atoms with Crippen LogP contribution in [-0.4, -0.2) is 41.3 Å². The molecule has 0 saturated carbocycles. The summed E-state index contributed by atoms with van der Waals surface area (Å²) >= 11 is 0. The van der Waals surface area contributed by atoms with Crippen LogP contribution in [0.3, 0.4) is 0 Å². The molecule has 1 aromatic rings. The van der Waals surface area contributed by atoms with Crippen molar-refractivity contribution in [1.82, 2.24) is 4.90 Å². The zero-order chi connectivity index (χ0) is 14.9. The third-order valence-electron chi connectivity index (χ3n) is 3.53. The van der Waals surface area contributed by atoms with E-state index >= 15 is 0 Å². The first-order valence-corrected chi connectivity index (χ1v) is 6.21. The molecule has 2 rings (SSSR count). The number of hydrogen-bond acceptors (Lipinski definition) is 4. The predicted octanol–water partition coefficient (Wildman–Crippen LogP) is 1.28. The molecule has 0 aliphatic carbocycles. The van der Waals surface area contributed by atoms with Crippen LogP contribution in [0.4, 0.5) is 0 Å². The summed E-state index contributed by atoms with van der Waals surface area (Å²) < 4.78 is 10.4. The van der Waals surface area contributed by atoms with Gasteiger partial charge in [-0.25, -0.2) is 4.79 Å². The van der Waals surface area contributed by atoms with E-state index in [1.165, 1.54) is 25.8 Å². The first-order valence-electron chi connectivity index (χ1n) is 6.21. The summed E-state index contributed by atoms with van der Waals surface area (Å²) in [5, 5.41) is 9.12. The van der Waals surface area contributed by atoms with Crippen LogP contribution in [0.2, 0.25) is 0 Å². The van der Waals surface area contributed by atoms with Gasteiger partial charge in [-0.1, -0.05) is 6.07 Å². The third-order valence-corrected chi connectivity index (χ3v) is 3.53. The highest BCUT2D eigenvalue weighted by Gasteiger charge is 2.35. The lowest BCUT2D eigenvalue weighted by Gasteiger charge is -2.31. The Balaban J connectivity index is 2.10. The highest BCUT2D eigenvalue weighted by Crippen LogP contribution is 2.32. The molecule has 0 bridgehead atoms. The topological polar surface area (TPSA) is 76.1 Å². The van der Waals surface area contributed by atoms with Crippen LogP contribution < -0.4 is 9.47 Å². The van der Waals surface area contributed by atoms with Crippen molar-refractivity contribution >= 4 is 11.9 Å². The van der Waals surface area contributed by atoms with Crippen molar-refractivity contribution in [3.05, 3.63) is 23.8 Å². The molecule has 1 aliphatic rings. The number of fused-ring (bicyclic) bond motifs is 1. The second-order valence-electron chi connectivity index (χ2n) is 5.18. The average Bonchev–Trinajstić information content (AvgIpc) is 2.84. The molecular formula is C14H17NO5. The minimum atomic E-state index is -1.24. The number of likely N-dealkylation sites (N-methyl/N-ethyl adjacent to an activating group) is 1. The van der Waals surface area contributed by atoms with Crippen molar-refractivity contribution in [2.24, 2.45) is 0 Å². The van der Waals surface area contributed by atoms with Gasteiger partial charge in [0.25, 0.3) is 0 Å². The molecule has 0 saturated heterocycles. The van der Waals surface area contributed by atoms with Crippen LogP contribution in [0, 0.1) is 0 Å². The molecule has 0 aromatic heterocycles. The van der Waals surface area contributed by atoms with Gasteiger partial charge >= 0.3 is 5.97 Å². The maximum atomic E-state index is 12.2. The SMILES string of the molecule is CN(C(=O)Cc1ccc2c(c1)OCO2)C(C)(C)C(=O)O. The fraction of sp³-hybridized carbons (Fsp3) is 0.429. The Kier molecular flexibility index (Phi) is 3.57. The fourth-order valence-corrected chi connectivity index (χ4v) is 1.80. The number of carboxylic acid groups (broad SMARTS) is 1. The molecule has 1 heterocycles. The molecule has 0 radical (unpaired) electrons. The van der Waals surface area contributed by atoms with Gasteiger partial charge in [-0.3, -0.25) is 4.79 Å². The Morgan fingerprint density at radius 1 is 1.30 bits per heavy atom. The summed E-state index contributed by atoms with van der Waals surface area (Å²) in [5.41, 5.74) is -0.486. The fourth-order valence-electron chi connectivity index (χ4n) is 1.80. The highest BCUT2D eigenvalue weighted by molar-refractivity contribution is 5.87. The van der Waals surface area contributed by atoms with Gasteiger partial charge in [0, 0.05) is 7.05 Å². The molecule has 1 aromatic carbocycles. The number of benzene rings is 1. The van der Waals surface area contributed by atoms with Gasteiger partial charge in [0.05, 0.1) is 6.42 Å². The van der Waals surface area contributed by atoms with Crippen LogP contribution in [0.5, 0.6) is 11.5 Å². The summed E-state index contributed by atoms with van der Waals surface area (Å²) in [6, 6.07) is 5.25. The Labute approximate surface area is 116 Å². The van der Waals surface area contributed by atoms with E-state index in [0.29, 0.717) is 11.5 Å². The number of aliphatic carboxylic acids is 1. The van der Waals surface area contributed by atoms with E-state index in [2.05, 4.69) is 0 Å². The Morgan fingerprint density at radius 3 is 2.60 bits per heavy atom. The van der Waals surface area contributed by atoms with Crippen molar-refractivity contribution < 1.29 is 24.2 Å². The zero-order valence-electron chi connectivity index (χ0n) is 11.7. The lowest BCUT2D eigenvalue weighted by molar-refractivity contribution is -0.155. The van der Waals surface area contributed by atoms with E-state index < -0.39 is 11.5 Å². The van der Waals surface area contributed by atoms with Gasteiger partial charge in [-0.05, 0) is 31.5 Å². The second kappa shape index (κ2) is 5.03. The van der Waals surface area contributed by atoms with Crippen molar-refractivity contribution in [2.75, 3.05) is 13.8 Å². The van der Waals surface area contributed by atoms with Crippen molar-refractivity contribution in [1.29, 1.82) is 0 Å². The minimum Gasteiger partial charge on any atom is -0.480 e. The monoisotopic (exact) mass is 279 g/mol. The number of carbonyl (C=O) groups excluding carboxylic acids is 1. The van der Waals surface area contributed by atoms with Crippen molar-refractivity contribution in [3.8, 4) is 11.5 Å². The predicted molar refractivity (Wildman–Crippen MR) is 70.8 cm³/mol. The second-order valence-corrected chi connectivity index (χ2v) is 5.18. The van der Waals surface area contributed by atoms with E-state index in [9.17, 15) is 9.59 Å². The van der Waals surface area contributed by atoms with Crippen LogP contribution in [-0.2, 0) is 16.0 Å². The molecular weight excluding hydrogens is 262 g/mol. The summed E-state index contributed by atoms with van der Waals surface area (Å²) in [6.45, 7) is 3.17. The third kappa shape index (κ3) is 2.54. The largest absolute Gasteiger partial charge is 0.480 e. The molecule has 1 aliphatic heterocycles. The van der Waals surface area contributed by atoms with Gasteiger partial charge in [0.1, 0.15) is 5.54 Å². The van der Waals surface area contributed by atoms with Gasteiger partial charge in [-0.2, -0.15) is 0 Å². The minimum absolute atomic E-state index is 0.115. The van der Waals surface area contributed by atoms with E-state index in [1.54, 1.807) is 18.2 Å². The maximum Gasteiger partial charge on any atom is 0.329 e. The lowest BCUT2D eigenvalue weighted by Crippen LogP contribution is -2.51. The van der Waals surface area contributed by atoms with Crippen molar-refractivity contribution in [2.45, 2.75) is 25.8 Å². The zero-order valence-corrected chi connectivity index (χ0v) is 11.7. The summed E-state index contributed by atoms with van der Waals surface area (Å²) in [7, 11) is 1.49. The van der Waals surface area contributed by atoms with E-state index in [4.69, 9.17) is 14.6 Å². The lowest BCUT2D eigenvalue weighted by atomic mass is 10.0. The maximum absolute atomic E-state index is 12.2. The number of hydrogen-bond donors (Lipinski definition) is 1. The van der Waals surface area contributed by atoms with Gasteiger partial charge in [-0.15, -0.1) is 0 Å². The molecule has 6 nitrogen and oxygen atoms in total. The van der Waals surface area contributed by atoms with Crippen LogP contribution in [0.15, 0.2) is 18.2 Å². The molecule has 20 heavy (non-hydrogen) atoms. The number of carbonyl (C=O) groups is 2. The molecule has 0 spiro atoms. The molecule has 1 amide bonds. The first-order chi connectivity index (χ1) is 9.32. The normalized spacial score (nSPS) is 13.2. The van der Waals surface area contributed by atoms with Crippen LogP contribution in [0.1, 0.15) is 19.4 Å².